The van der Waals surface area contributed by atoms with Crippen molar-refractivity contribution in [3.05, 3.63) is 53.5 Å². The lowest BCUT2D eigenvalue weighted by atomic mass is 10.1. The van der Waals surface area contributed by atoms with Gasteiger partial charge >= 0.3 is 0 Å². The van der Waals surface area contributed by atoms with E-state index in [1.807, 2.05) is 13.8 Å². The Balaban J connectivity index is 1.82. The summed E-state index contributed by atoms with van der Waals surface area (Å²) in [4.78, 5) is 11.9. The van der Waals surface area contributed by atoms with Crippen LogP contribution in [-0.2, 0) is 6.42 Å². The van der Waals surface area contributed by atoms with E-state index in [9.17, 15) is 9.18 Å². The number of hydrogen-bond donors (Lipinski definition) is 2. The molecule has 122 valence electrons. The third kappa shape index (κ3) is 5.32. The van der Waals surface area contributed by atoms with Crippen molar-refractivity contribution in [2.24, 2.45) is 0 Å². The fourth-order valence-electron chi connectivity index (χ4n) is 1.93. The number of aromatic nitrogens is 2. The van der Waals surface area contributed by atoms with Crippen molar-refractivity contribution in [3.63, 3.8) is 0 Å². The lowest BCUT2D eigenvalue weighted by molar-refractivity contribution is 0.0933. The molecule has 0 saturated carbocycles. The lowest BCUT2D eigenvalue weighted by Gasteiger charge is -2.10. The predicted octanol–water partition coefficient (Wildman–Crippen LogP) is 2.80. The summed E-state index contributed by atoms with van der Waals surface area (Å²) in [6.45, 7) is 4.60. The lowest BCUT2D eigenvalue weighted by Crippen LogP contribution is -2.32. The molecule has 2 N–H and O–H groups in total. The van der Waals surface area contributed by atoms with Gasteiger partial charge in [0.25, 0.3) is 5.91 Å². The first-order valence-electron chi connectivity index (χ1n) is 7.71. The van der Waals surface area contributed by atoms with Gasteiger partial charge in [-0.25, -0.2) is 4.39 Å². The van der Waals surface area contributed by atoms with Crippen molar-refractivity contribution >= 4 is 11.7 Å². The van der Waals surface area contributed by atoms with Gasteiger partial charge in [-0.2, -0.15) is 0 Å². The molecule has 1 unspecified atom stereocenters. The van der Waals surface area contributed by atoms with Crippen molar-refractivity contribution in [2.45, 2.75) is 32.7 Å². The molecule has 0 saturated heterocycles. The molecule has 6 heteroatoms. The first-order chi connectivity index (χ1) is 11.1. The number of rotatable bonds is 7. The Kier molecular flexibility index (Phi) is 6.02. The van der Waals surface area contributed by atoms with E-state index < -0.39 is 0 Å². The van der Waals surface area contributed by atoms with Crippen molar-refractivity contribution in [2.75, 3.05) is 11.9 Å². The molecular formula is C17H21FN4O. The monoisotopic (exact) mass is 316 g/mol. The fourth-order valence-corrected chi connectivity index (χ4v) is 1.93. The van der Waals surface area contributed by atoms with E-state index in [2.05, 4.69) is 20.8 Å². The van der Waals surface area contributed by atoms with E-state index in [4.69, 9.17) is 0 Å². The maximum absolute atomic E-state index is 12.8. The second-order valence-electron chi connectivity index (χ2n) is 5.39. The van der Waals surface area contributed by atoms with Crippen LogP contribution in [0.1, 0.15) is 36.3 Å². The van der Waals surface area contributed by atoms with Crippen molar-refractivity contribution in [1.82, 2.24) is 15.5 Å². The number of carbonyl (C=O) groups excluding carboxylic acids is 1. The van der Waals surface area contributed by atoms with Crippen LogP contribution in [0.25, 0.3) is 0 Å². The molecule has 0 aliphatic rings. The summed E-state index contributed by atoms with van der Waals surface area (Å²) in [6.07, 6.45) is 1.61. The predicted molar refractivity (Wildman–Crippen MR) is 87.8 cm³/mol. The minimum atomic E-state index is -0.237. The maximum Gasteiger partial charge on any atom is 0.272 e. The van der Waals surface area contributed by atoms with Crippen LogP contribution in [0, 0.1) is 5.82 Å². The summed E-state index contributed by atoms with van der Waals surface area (Å²) >= 11 is 0. The van der Waals surface area contributed by atoms with Crippen LogP contribution < -0.4 is 10.6 Å². The Morgan fingerprint density at radius 2 is 1.91 bits per heavy atom. The highest BCUT2D eigenvalue weighted by molar-refractivity contribution is 5.92. The van der Waals surface area contributed by atoms with Gasteiger partial charge in [0.05, 0.1) is 0 Å². The number of hydrogen-bond acceptors (Lipinski definition) is 4. The van der Waals surface area contributed by atoms with Gasteiger partial charge in [-0.15, -0.1) is 10.2 Å². The molecule has 2 aromatic rings. The highest BCUT2D eigenvalue weighted by Gasteiger charge is 2.10. The number of carbonyl (C=O) groups is 1. The second-order valence-corrected chi connectivity index (χ2v) is 5.39. The van der Waals surface area contributed by atoms with Crippen molar-refractivity contribution in [3.8, 4) is 0 Å². The summed E-state index contributed by atoms with van der Waals surface area (Å²) in [5.41, 5.74) is 1.34. The van der Waals surface area contributed by atoms with E-state index >= 15 is 0 Å². The zero-order valence-electron chi connectivity index (χ0n) is 13.3. The molecule has 1 amide bonds. The number of amides is 1. The number of benzene rings is 1. The molecular weight excluding hydrogens is 295 g/mol. The number of nitrogens with zero attached hydrogens (tertiary/aromatic N) is 2. The third-order valence-electron chi connectivity index (χ3n) is 3.52. The molecule has 0 spiro atoms. The summed E-state index contributed by atoms with van der Waals surface area (Å²) < 4.78 is 12.8. The minimum absolute atomic E-state index is 0.109. The van der Waals surface area contributed by atoms with Crippen LogP contribution >= 0.6 is 0 Å². The normalized spacial score (nSPS) is 11.8. The van der Waals surface area contributed by atoms with Crippen LogP contribution in [0.4, 0.5) is 10.2 Å². The van der Waals surface area contributed by atoms with Gasteiger partial charge in [-0.3, -0.25) is 4.79 Å². The molecule has 1 heterocycles. The van der Waals surface area contributed by atoms with E-state index in [0.29, 0.717) is 18.1 Å². The molecule has 0 bridgehead atoms. The highest BCUT2D eigenvalue weighted by atomic mass is 19.1. The zero-order chi connectivity index (χ0) is 16.7. The van der Waals surface area contributed by atoms with Gasteiger partial charge in [0.15, 0.2) is 5.69 Å². The molecule has 0 radical (unpaired) electrons. The van der Waals surface area contributed by atoms with E-state index in [0.717, 1.165) is 18.4 Å². The Morgan fingerprint density at radius 3 is 2.52 bits per heavy atom. The summed E-state index contributed by atoms with van der Waals surface area (Å²) in [5, 5.41) is 13.9. The van der Waals surface area contributed by atoms with Gasteiger partial charge in [0.2, 0.25) is 0 Å². The fraction of sp³-hybridized carbons (Fsp3) is 0.353. The van der Waals surface area contributed by atoms with Crippen LogP contribution in [0.3, 0.4) is 0 Å². The van der Waals surface area contributed by atoms with Gasteiger partial charge in [-0.05, 0) is 49.6 Å². The Labute approximate surface area is 135 Å². The molecule has 1 aromatic heterocycles. The van der Waals surface area contributed by atoms with Gasteiger partial charge in [-0.1, -0.05) is 19.1 Å². The van der Waals surface area contributed by atoms with Crippen molar-refractivity contribution < 1.29 is 9.18 Å². The second kappa shape index (κ2) is 8.22. The Morgan fingerprint density at radius 1 is 1.17 bits per heavy atom. The molecule has 0 aliphatic heterocycles. The SMILES string of the molecule is CCC(C)NC(=O)c1ccc(NCCc2ccc(F)cc2)nn1. The van der Waals surface area contributed by atoms with E-state index in [1.54, 1.807) is 24.3 Å². The van der Waals surface area contributed by atoms with Crippen molar-refractivity contribution in [1.29, 1.82) is 0 Å². The van der Waals surface area contributed by atoms with Gasteiger partial charge in [0.1, 0.15) is 11.6 Å². The number of halogens is 1. The zero-order valence-corrected chi connectivity index (χ0v) is 13.3. The van der Waals surface area contributed by atoms with Crippen LogP contribution in [0.2, 0.25) is 0 Å². The number of anilines is 1. The summed E-state index contributed by atoms with van der Waals surface area (Å²) in [5.74, 6) is 0.149. The summed E-state index contributed by atoms with van der Waals surface area (Å²) in [6, 6.07) is 9.88. The van der Waals surface area contributed by atoms with E-state index in [-0.39, 0.29) is 17.8 Å². The van der Waals surface area contributed by atoms with Crippen LogP contribution in [-0.4, -0.2) is 28.7 Å². The maximum atomic E-state index is 12.8. The first-order valence-corrected chi connectivity index (χ1v) is 7.71. The molecule has 1 atom stereocenters. The Bertz CT molecular complexity index is 628. The molecule has 5 nitrogen and oxygen atoms in total. The topological polar surface area (TPSA) is 66.9 Å². The molecule has 2 rings (SSSR count). The Hall–Kier alpha value is -2.50. The quantitative estimate of drug-likeness (QED) is 0.824. The van der Waals surface area contributed by atoms with Crippen LogP contribution in [0.5, 0.6) is 0 Å². The number of nitrogens with one attached hydrogen (secondary N) is 2. The average Bonchev–Trinajstić information content (AvgIpc) is 2.57. The smallest absolute Gasteiger partial charge is 0.272 e. The average molecular weight is 316 g/mol. The van der Waals surface area contributed by atoms with E-state index in [1.165, 1.54) is 12.1 Å². The largest absolute Gasteiger partial charge is 0.368 e. The van der Waals surface area contributed by atoms with Gasteiger partial charge < -0.3 is 10.6 Å². The highest BCUT2D eigenvalue weighted by Crippen LogP contribution is 2.06. The third-order valence-corrected chi connectivity index (χ3v) is 3.52. The minimum Gasteiger partial charge on any atom is -0.368 e. The molecule has 1 aromatic carbocycles. The molecule has 23 heavy (non-hydrogen) atoms. The standard InChI is InChI=1S/C17H21FN4O/c1-3-12(2)20-17(23)15-8-9-16(22-21-15)19-11-10-13-4-6-14(18)7-5-13/h4-9,12H,3,10-11H2,1-2H3,(H,19,22)(H,20,23). The molecule has 0 aliphatic carbocycles. The summed E-state index contributed by atoms with van der Waals surface area (Å²) in [7, 11) is 0. The molecule has 0 fully saturated rings. The van der Waals surface area contributed by atoms with Gasteiger partial charge in [0, 0.05) is 12.6 Å². The first kappa shape index (κ1) is 16.9. The van der Waals surface area contributed by atoms with Crippen LogP contribution in [0.15, 0.2) is 36.4 Å².